The summed E-state index contributed by atoms with van der Waals surface area (Å²) in [6.07, 6.45) is 0.221. The van der Waals surface area contributed by atoms with Gasteiger partial charge in [0, 0.05) is 18.9 Å². The summed E-state index contributed by atoms with van der Waals surface area (Å²) in [4.78, 5) is 43.7. The van der Waals surface area contributed by atoms with Crippen molar-refractivity contribution in [2.75, 3.05) is 6.54 Å². The molecular formula is C24H27N3O4. The average molecular weight is 421 g/mol. The number of rotatable bonds is 9. The van der Waals surface area contributed by atoms with Crippen LogP contribution >= 0.6 is 0 Å². The first-order chi connectivity index (χ1) is 15.0. The standard InChI is InChI=1S/C24H27N3O4/c1-3-17(18-9-5-4-6-10-18)15-25-23(29)16(2)31-22(28)14-13-21-26-20-12-8-7-11-19(20)24(30)27-21/h4-12,16-17H,3,13-15H2,1-2H3,(H,25,29)(H,26,27,30)/t16-,17+/m0/s1. The number of aryl methyl sites for hydroxylation is 1. The zero-order valence-corrected chi connectivity index (χ0v) is 17.8. The minimum atomic E-state index is -0.899. The van der Waals surface area contributed by atoms with Gasteiger partial charge in [-0.3, -0.25) is 14.4 Å². The Bertz CT molecular complexity index is 1090. The Kier molecular flexibility index (Phi) is 7.54. The third-order valence-electron chi connectivity index (χ3n) is 5.19. The molecule has 31 heavy (non-hydrogen) atoms. The number of benzene rings is 2. The summed E-state index contributed by atoms with van der Waals surface area (Å²) in [5.41, 5.74) is 1.49. The number of hydrogen-bond donors (Lipinski definition) is 2. The van der Waals surface area contributed by atoms with Crippen LogP contribution in [0.4, 0.5) is 0 Å². The summed E-state index contributed by atoms with van der Waals surface area (Å²) in [6.45, 7) is 4.09. The molecule has 0 saturated carbocycles. The van der Waals surface area contributed by atoms with Crippen molar-refractivity contribution in [3.05, 3.63) is 76.3 Å². The Morgan fingerprint density at radius 3 is 2.55 bits per heavy atom. The van der Waals surface area contributed by atoms with Gasteiger partial charge in [0.15, 0.2) is 6.10 Å². The van der Waals surface area contributed by atoms with Gasteiger partial charge in [0.1, 0.15) is 5.82 Å². The van der Waals surface area contributed by atoms with Crippen LogP contribution in [-0.4, -0.2) is 34.5 Å². The van der Waals surface area contributed by atoms with E-state index in [1.807, 2.05) is 30.3 Å². The molecule has 0 radical (unpaired) electrons. The van der Waals surface area contributed by atoms with Crippen molar-refractivity contribution < 1.29 is 14.3 Å². The molecule has 0 unspecified atom stereocenters. The lowest BCUT2D eigenvalue weighted by atomic mass is 9.96. The highest BCUT2D eigenvalue weighted by Crippen LogP contribution is 2.18. The Labute approximate surface area is 180 Å². The maximum atomic E-state index is 12.3. The van der Waals surface area contributed by atoms with Crippen molar-refractivity contribution in [3.63, 3.8) is 0 Å². The van der Waals surface area contributed by atoms with Crippen LogP contribution in [0.3, 0.4) is 0 Å². The van der Waals surface area contributed by atoms with Crippen LogP contribution in [0.1, 0.15) is 44.0 Å². The second-order valence-corrected chi connectivity index (χ2v) is 7.42. The van der Waals surface area contributed by atoms with Gasteiger partial charge in [0.05, 0.1) is 17.3 Å². The van der Waals surface area contributed by atoms with Crippen molar-refractivity contribution in [2.24, 2.45) is 0 Å². The Morgan fingerprint density at radius 1 is 1.10 bits per heavy atom. The minimum Gasteiger partial charge on any atom is -0.453 e. The fraction of sp³-hybridized carbons (Fsp3) is 0.333. The number of nitrogens with one attached hydrogen (secondary N) is 2. The van der Waals surface area contributed by atoms with Crippen LogP contribution in [0.25, 0.3) is 10.9 Å². The van der Waals surface area contributed by atoms with Crippen LogP contribution in [0.5, 0.6) is 0 Å². The molecule has 0 aliphatic rings. The van der Waals surface area contributed by atoms with Crippen molar-refractivity contribution in [1.29, 1.82) is 0 Å². The Hall–Kier alpha value is -3.48. The van der Waals surface area contributed by atoms with Gasteiger partial charge in [0.2, 0.25) is 0 Å². The Morgan fingerprint density at radius 2 is 1.81 bits per heavy atom. The van der Waals surface area contributed by atoms with E-state index in [-0.39, 0.29) is 30.2 Å². The zero-order valence-electron chi connectivity index (χ0n) is 17.8. The number of H-pyrrole nitrogens is 1. The Balaban J connectivity index is 1.48. The van der Waals surface area contributed by atoms with E-state index in [1.54, 1.807) is 31.2 Å². The molecule has 0 aliphatic heterocycles. The molecule has 1 amide bonds. The molecular weight excluding hydrogens is 394 g/mol. The topological polar surface area (TPSA) is 101 Å². The van der Waals surface area contributed by atoms with E-state index in [4.69, 9.17) is 4.74 Å². The number of amides is 1. The van der Waals surface area contributed by atoms with Gasteiger partial charge >= 0.3 is 5.97 Å². The quantitative estimate of drug-likeness (QED) is 0.517. The normalized spacial score (nSPS) is 12.8. The highest BCUT2D eigenvalue weighted by atomic mass is 16.5. The van der Waals surface area contributed by atoms with Gasteiger partial charge in [-0.2, -0.15) is 0 Å². The first-order valence-electron chi connectivity index (χ1n) is 10.5. The highest BCUT2D eigenvalue weighted by Gasteiger charge is 2.19. The summed E-state index contributed by atoms with van der Waals surface area (Å²) < 4.78 is 5.25. The molecule has 0 spiro atoms. The number of carbonyl (C=O) groups is 2. The van der Waals surface area contributed by atoms with E-state index < -0.39 is 12.1 Å². The fourth-order valence-electron chi connectivity index (χ4n) is 3.37. The van der Waals surface area contributed by atoms with Crippen molar-refractivity contribution >= 4 is 22.8 Å². The molecule has 7 nitrogen and oxygen atoms in total. The van der Waals surface area contributed by atoms with Crippen LogP contribution in [0.15, 0.2) is 59.4 Å². The molecule has 0 saturated heterocycles. The van der Waals surface area contributed by atoms with E-state index in [0.717, 1.165) is 12.0 Å². The van der Waals surface area contributed by atoms with Crippen molar-refractivity contribution in [3.8, 4) is 0 Å². The molecule has 0 aliphatic carbocycles. The number of para-hydroxylation sites is 1. The molecule has 162 valence electrons. The predicted molar refractivity (Wildman–Crippen MR) is 119 cm³/mol. The first kappa shape index (κ1) is 22.2. The molecule has 2 N–H and O–H groups in total. The molecule has 0 bridgehead atoms. The lowest BCUT2D eigenvalue weighted by molar-refractivity contribution is -0.154. The molecule has 0 fully saturated rings. The van der Waals surface area contributed by atoms with Gasteiger partial charge < -0.3 is 15.0 Å². The second kappa shape index (κ2) is 10.5. The van der Waals surface area contributed by atoms with E-state index >= 15 is 0 Å². The van der Waals surface area contributed by atoms with E-state index in [9.17, 15) is 14.4 Å². The van der Waals surface area contributed by atoms with Gasteiger partial charge in [0.25, 0.3) is 11.5 Å². The summed E-state index contributed by atoms with van der Waals surface area (Å²) in [5, 5.41) is 3.36. The number of nitrogens with zero attached hydrogens (tertiary/aromatic N) is 1. The highest BCUT2D eigenvalue weighted by molar-refractivity contribution is 5.83. The maximum absolute atomic E-state index is 12.3. The number of aromatic amines is 1. The first-order valence-corrected chi connectivity index (χ1v) is 10.5. The second-order valence-electron chi connectivity index (χ2n) is 7.42. The smallest absolute Gasteiger partial charge is 0.307 e. The van der Waals surface area contributed by atoms with E-state index in [2.05, 4.69) is 22.2 Å². The van der Waals surface area contributed by atoms with Gasteiger partial charge in [-0.1, -0.05) is 49.4 Å². The van der Waals surface area contributed by atoms with Crippen molar-refractivity contribution in [1.82, 2.24) is 15.3 Å². The number of aromatic nitrogens is 2. The van der Waals surface area contributed by atoms with Gasteiger partial charge in [-0.05, 0) is 31.0 Å². The van der Waals surface area contributed by atoms with Crippen LogP contribution in [-0.2, 0) is 20.7 Å². The molecule has 1 heterocycles. The maximum Gasteiger partial charge on any atom is 0.307 e. The number of fused-ring (bicyclic) bond motifs is 1. The number of carbonyl (C=O) groups excluding carboxylic acids is 2. The third-order valence-corrected chi connectivity index (χ3v) is 5.19. The molecule has 7 heteroatoms. The number of esters is 1. The van der Waals surface area contributed by atoms with Gasteiger partial charge in [-0.25, -0.2) is 4.98 Å². The van der Waals surface area contributed by atoms with E-state index in [0.29, 0.717) is 23.3 Å². The van der Waals surface area contributed by atoms with Crippen LogP contribution in [0.2, 0.25) is 0 Å². The minimum absolute atomic E-state index is 0.0144. The summed E-state index contributed by atoms with van der Waals surface area (Å²) >= 11 is 0. The third kappa shape index (κ3) is 6.01. The van der Waals surface area contributed by atoms with E-state index in [1.165, 1.54) is 0 Å². The van der Waals surface area contributed by atoms with Crippen molar-refractivity contribution in [2.45, 2.75) is 45.1 Å². The zero-order chi connectivity index (χ0) is 22.2. The predicted octanol–water partition coefficient (Wildman–Crippen LogP) is 3.10. The van der Waals surface area contributed by atoms with Gasteiger partial charge in [-0.15, -0.1) is 0 Å². The molecule has 2 atom stereocenters. The SMILES string of the molecule is CC[C@H](CNC(=O)[C@H](C)OC(=O)CCc1nc2ccccc2c(=O)[nH]1)c1ccccc1. The number of ether oxygens (including phenoxy) is 1. The molecule has 3 rings (SSSR count). The summed E-state index contributed by atoms with van der Waals surface area (Å²) in [5.74, 6) is -0.246. The lowest BCUT2D eigenvalue weighted by Crippen LogP contribution is -2.38. The summed E-state index contributed by atoms with van der Waals surface area (Å²) in [7, 11) is 0. The fourth-order valence-corrected chi connectivity index (χ4v) is 3.37. The molecule has 1 aromatic heterocycles. The molecule has 3 aromatic rings. The lowest BCUT2D eigenvalue weighted by Gasteiger charge is -2.18. The monoisotopic (exact) mass is 421 g/mol. The number of hydrogen-bond acceptors (Lipinski definition) is 5. The molecule has 2 aromatic carbocycles. The summed E-state index contributed by atoms with van der Waals surface area (Å²) in [6, 6.07) is 17.0. The largest absolute Gasteiger partial charge is 0.453 e. The van der Waals surface area contributed by atoms with Crippen LogP contribution < -0.4 is 10.9 Å². The average Bonchev–Trinajstić information content (AvgIpc) is 2.78. The van der Waals surface area contributed by atoms with Crippen LogP contribution in [0, 0.1) is 0 Å².